The highest BCUT2D eigenvalue weighted by molar-refractivity contribution is 7.91. The number of carbonyl (C=O) groups is 1. The number of hydrogen-bond acceptors (Lipinski definition) is 7. The van der Waals surface area contributed by atoms with Gasteiger partial charge in [0.05, 0.1) is 28.8 Å². The monoisotopic (exact) mass is 439 g/mol. The highest BCUT2D eigenvalue weighted by Crippen LogP contribution is 2.28. The van der Waals surface area contributed by atoms with Crippen LogP contribution in [0.25, 0.3) is 0 Å². The molecule has 0 aliphatic carbocycles. The summed E-state index contributed by atoms with van der Waals surface area (Å²) in [4.78, 5) is 12.6. The van der Waals surface area contributed by atoms with Crippen LogP contribution in [-0.4, -0.2) is 68.2 Å². The Hall–Kier alpha value is -1.17. The topological polar surface area (TPSA) is 127 Å². The summed E-state index contributed by atoms with van der Waals surface area (Å²) in [6.45, 7) is 3.40. The lowest BCUT2D eigenvalue weighted by atomic mass is 9.98. The molecule has 0 aromatic carbocycles. The van der Waals surface area contributed by atoms with Gasteiger partial charge in [-0.25, -0.2) is 16.8 Å². The predicted molar refractivity (Wildman–Crippen MR) is 97.7 cm³/mol. The highest BCUT2D eigenvalue weighted by Gasteiger charge is 2.40. The summed E-state index contributed by atoms with van der Waals surface area (Å²) in [5, 5.41) is 5.70. The normalized spacial score (nSPS) is 28.9. The summed E-state index contributed by atoms with van der Waals surface area (Å²) in [7, 11) is -7.09. The van der Waals surface area contributed by atoms with E-state index in [1.807, 2.05) is 0 Å². The van der Waals surface area contributed by atoms with Crippen molar-refractivity contribution in [2.45, 2.75) is 43.0 Å². The summed E-state index contributed by atoms with van der Waals surface area (Å²) in [5.74, 6) is -1.10. The highest BCUT2D eigenvalue weighted by atomic mass is 35.5. The van der Waals surface area contributed by atoms with E-state index in [1.54, 1.807) is 6.92 Å². The minimum absolute atomic E-state index is 0.0185. The molecule has 0 radical (unpaired) electrons. The van der Waals surface area contributed by atoms with Crippen molar-refractivity contribution in [3.05, 3.63) is 11.5 Å². The zero-order valence-corrected chi connectivity index (χ0v) is 17.4. The fourth-order valence-electron chi connectivity index (χ4n) is 3.58. The van der Waals surface area contributed by atoms with Gasteiger partial charge in [-0.3, -0.25) is 4.79 Å². The van der Waals surface area contributed by atoms with Crippen LogP contribution >= 0.6 is 11.6 Å². The molecule has 2 aliphatic rings. The van der Waals surface area contributed by atoms with Crippen LogP contribution in [0.1, 0.15) is 24.3 Å². The molecule has 2 saturated heterocycles. The van der Waals surface area contributed by atoms with Gasteiger partial charge in [0.1, 0.15) is 10.6 Å². The number of nitrogens with one attached hydrogen (secondary N) is 1. The lowest BCUT2D eigenvalue weighted by Crippen LogP contribution is -2.49. The SMILES string of the molecule is Cc1noc(C)c1S(=O)(=O)N1CCCC(C(=O)NC2CS(=O)(=O)CC2Cl)C1. The van der Waals surface area contributed by atoms with Crippen molar-refractivity contribution in [3.63, 3.8) is 0 Å². The first kappa shape index (κ1) is 20.6. The third kappa shape index (κ3) is 4.15. The Labute approximate surface area is 163 Å². The molecule has 1 aromatic rings. The molecule has 0 bridgehead atoms. The summed E-state index contributed by atoms with van der Waals surface area (Å²) in [5.41, 5.74) is 0.278. The van der Waals surface area contributed by atoms with Crippen LogP contribution in [0.5, 0.6) is 0 Å². The molecular weight excluding hydrogens is 418 g/mol. The molecule has 1 N–H and O–H groups in total. The molecule has 3 atom stereocenters. The number of rotatable bonds is 4. The van der Waals surface area contributed by atoms with Gasteiger partial charge >= 0.3 is 0 Å². The lowest BCUT2D eigenvalue weighted by Gasteiger charge is -2.31. The number of sulfonamides is 1. The first-order valence-corrected chi connectivity index (χ1v) is 12.3. The van der Waals surface area contributed by atoms with Crippen molar-refractivity contribution < 1.29 is 26.2 Å². The molecule has 3 heterocycles. The number of aryl methyl sites for hydroxylation is 2. The van der Waals surface area contributed by atoms with Crippen molar-refractivity contribution >= 4 is 37.4 Å². The number of alkyl halides is 1. The summed E-state index contributed by atoms with van der Waals surface area (Å²) < 4.78 is 55.4. The minimum Gasteiger partial charge on any atom is -0.360 e. The molecule has 0 saturated carbocycles. The maximum absolute atomic E-state index is 12.9. The molecule has 152 valence electrons. The Kier molecular flexibility index (Phi) is 5.59. The standard InChI is InChI=1S/C15H22ClN3O6S2/c1-9-14(10(2)25-18-9)27(23,24)19-5-3-4-11(6-19)15(20)17-13-8-26(21,22)7-12(13)16/h11-13H,3-8H2,1-2H3,(H,17,20). The second kappa shape index (κ2) is 7.34. The maximum Gasteiger partial charge on any atom is 0.248 e. The van der Waals surface area contributed by atoms with Crippen LogP contribution in [0.3, 0.4) is 0 Å². The zero-order chi connectivity index (χ0) is 20.0. The second-order valence-electron chi connectivity index (χ2n) is 7.06. The van der Waals surface area contributed by atoms with E-state index in [9.17, 15) is 21.6 Å². The zero-order valence-electron chi connectivity index (χ0n) is 15.0. The van der Waals surface area contributed by atoms with Gasteiger partial charge in [-0.15, -0.1) is 11.6 Å². The van der Waals surface area contributed by atoms with E-state index in [-0.39, 0.29) is 40.3 Å². The van der Waals surface area contributed by atoms with Gasteiger partial charge in [-0.1, -0.05) is 5.16 Å². The number of carbonyl (C=O) groups excluding carboxylic acids is 1. The molecular formula is C15H22ClN3O6S2. The van der Waals surface area contributed by atoms with Crippen molar-refractivity contribution in [3.8, 4) is 0 Å². The molecule has 2 fully saturated rings. The Morgan fingerprint density at radius 2 is 2.04 bits per heavy atom. The van der Waals surface area contributed by atoms with Gasteiger partial charge in [0.2, 0.25) is 15.9 Å². The molecule has 12 heteroatoms. The van der Waals surface area contributed by atoms with E-state index in [4.69, 9.17) is 16.1 Å². The van der Waals surface area contributed by atoms with Crippen LogP contribution in [0, 0.1) is 19.8 Å². The first-order chi connectivity index (χ1) is 12.5. The summed E-state index contributed by atoms with van der Waals surface area (Å²) in [6.07, 6.45) is 1.04. The maximum atomic E-state index is 12.9. The van der Waals surface area contributed by atoms with Gasteiger partial charge in [-0.05, 0) is 26.7 Å². The smallest absolute Gasteiger partial charge is 0.248 e. The van der Waals surface area contributed by atoms with Gasteiger partial charge in [-0.2, -0.15) is 4.31 Å². The largest absolute Gasteiger partial charge is 0.360 e. The summed E-state index contributed by atoms with van der Waals surface area (Å²) >= 11 is 6.03. The molecule has 3 unspecified atom stereocenters. The Bertz CT molecular complexity index is 923. The molecule has 1 amide bonds. The number of hydrogen-bond donors (Lipinski definition) is 1. The number of aromatic nitrogens is 1. The Morgan fingerprint density at radius 3 is 2.59 bits per heavy atom. The molecule has 9 nitrogen and oxygen atoms in total. The van der Waals surface area contributed by atoms with Crippen LogP contribution in [0.15, 0.2) is 9.42 Å². The Balaban J connectivity index is 1.72. The van der Waals surface area contributed by atoms with Gasteiger partial charge in [0.15, 0.2) is 15.6 Å². The van der Waals surface area contributed by atoms with Crippen molar-refractivity contribution in [2.24, 2.45) is 5.92 Å². The van der Waals surface area contributed by atoms with Crippen LogP contribution in [0.2, 0.25) is 0 Å². The quantitative estimate of drug-likeness (QED) is 0.664. The number of halogens is 1. The van der Waals surface area contributed by atoms with Crippen molar-refractivity contribution in [1.82, 2.24) is 14.8 Å². The molecule has 2 aliphatic heterocycles. The number of amides is 1. The third-order valence-electron chi connectivity index (χ3n) is 4.93. The fourth-order valence-corrected chi connectivity index (χ4v) is 7.95. The van der Waals surface area contributed by atoms with E-state index in [0.717, 1.165) is 0 Å². The average molecular weight is 440 g/mol. The van der Waals surface area contributed by atoms with Crippen molar-refractivity contribution in [2.75, 3.05) is 24.6 Å². The van der Waals surface area contributed by atoms with Crippen LogP contribution in [0.4, 0.5) is 0 Å². The van der Waals surface area contributed by atoms with Gasteiger partial charge in [0.25, 0.3) is 0 Å². The van der Waals surface area contributed by atoms with E-state index in [1.165, 1.54) is 11.2 Å². The fraction of sp³-hybridized carbons (Fsp3) is 0.733. The van der Waals surface area contributed by atoms with E-state index < -0.39 is 37.2 Å². The van der Waals surface area contributed by atoms with E-state index >= 15 is 0 Å². The number of piperidine rings is 1. The average Bonchev–Trinajstić information content (AvgIpc) is 3.05. The van der Waals surface area contributed by atoms with Crippen molar-refractivity contribution in [1.29, 1.82) is 0 Å². The molecule has 3 rings (SSSR count). The number of sulfone groups is 1. The molecule has 27 heavy (non-hydrogen) atoms. The molecule has 1 aromatic heterocycles. The van der Waals surface area contributed by atoms with Gasteiger partial charge < -0.3 is 9.84 Å². The Morgan fingerprint density at radius 1 is 1.33 bits per heavy atom. The predicted octanol–water partition coefficient (Wildman–Crippen LogP) is 0.213. The van der Waals surface area contributed by atoms with E-state index in [2.05, 4.69) is 10.5 Å². The lowest BCUT2D eigenvalue weighted by molar-refractivity contribution is -0.126. The second-order valence-corrected chi connectivity index (χ2v) is 11.7. The van der Waals surface area contributed by atoms with E-state index in [0.29, 0.717) is 19.4 Å². The third-order valence-corrected chi connectivity index (χ3v) is 9.42. The van der Waals surface area contributed by atoms with Crippen LogP contribution in [-0.2, 0) is 24.7 Å². The number of nitrogens with zero attached hydrogens (tertiary/aromatic N) is 2. The minimum atomic E-state index is -3.83. The molecule has 0 spiro atoms. The summed E-state index contributed by atoms with van der Waals surface area (Å²) in [6, 6.07) is -0.654. The van der Waals surface area contributed by atoms with Gasteiger partial charge in [0, 0.05) is 13.1 Å². The first-order valence-electron chi connectivity index (χ1n) is 8.59. The van der Waals surface area contributed by atoms with Crippen LogP contribution < -0.4 is 5.32 Å².